The second-order valence-corrected chi connectivity index (χ2v) is 7.47. The number of carbonyl (C=O) groups is 2. The lowest BCUT2D eigenvalue weighted by molar-refractivity contribution is -0.121. The number of nitrogens with one attached hydrogen (secondary N) is 1. The number of nitrogens with zero attached hydrogens (tertiary/aromatic N) is 1. The molecule has 1 saturated carbocycles. The van der Waals surface area contributed by atoms with Gasteiger partial charge in [-0.05, 0) is 49.8 Å². The molecule has 0 radical (unpaired) electrons. The number of carbonyl (C=O) groups excluding carboxylic acids is 2. The Morgan fingerprint density at radius 3 is 2.85 bits per heavy atom. The SMILES string of the molecule is CC(C)Oc1cc2c(OCC[C@H]3NC(=O)[C@@H]4C[C@H]34)nccc2cc1C(N)=O. The molecule has 27 heavy (non-hydrogen) atoms. The molecule has 1 saturated heterocycles. The number of ether oxygens (including phenoxy) is 2. The molecule has 2 aromatic rings. The molecule has 2 amide bonds. The maximum Gasteiger partial charge on any atom is 0.252 e. The highest BCUT2D eigenvalue weighted by molar-refractivity contribution is 6.01. The zero-order valence-corrected chi connectivity index (χ0v) is 15.4. The number of hydrogen-bond donors (Lipinski definition) is 2. The molecule has 2 fully saturated rings. The summed E-state index contributed by atoms with van der Waals surface area (Å²) in [6.45, 7) is 4.23. The van der Waals surface area contributed by atoms with Crippen LogP contribution in [0.15, 0.2) is 24.4 Å². The fourth-order valence-electron chi connectivity index (χ4n) is 3.76. The predicted octanol–water partition coefficient (Wildman–Crippen LogP) is 2.02. The van der Waals surface area contributed by atoms with Crippen molar-refractivity contribution >= 4 is 22.6 Å². The number of primary amides is 1. The summed E-state index contributed by atoms with van der Waals surface area (Å²) in [6.07, 6.45) is 3.29. The Labute approximate surface area is 157 Å². The summed E-state index contributed by atoms with van der Waals surface area (Å²) in [5.74, 6) is 1.21. The van der Waals surface area contributed by atoms with Crippen molar-refractivity contribution < 1.29 is 19.1 Å². The van der Waals surface area contributed by atoms with Crippen LogP contribution in [0.1, 0.15) is 37.0 Å². The molecule has 2 aliphatic rings. The molecule has 1 aromatic heterocycles. The Kier molecular flexibility index (Phi) is 4.37. The maximum atomic E-state index is 11.8. The first-order valence-corrected chi connectivity index (χ1v) is 9.26. The highest BCUT2D eigenvalue weighted by Crippen LogP contribution is 2.46. The zero-order valence-electron chi connectivity index (χ0n) is 15.4. The highest BCUT2D eigenvalue weighted by Gasteiger charge is 2.53. The van der Waals surface area contributed by atoms with E-state index in [-0.39, 0.29) is 24.0 Å². The van der Waals surface area contributed by atoms with Gasteiger partial charge in [-0.1, -0.05) is 0 Å². The zero-order chi connectivity index (χ0) is 19.1. The summed E-state index contributed by atoms with van der Waals surface area (Å²) in [4.78, 5) is 27.7. The molecule has 7 heteroatoms. The molecule has 0 spiro atoms. The van der Waals surface area contributed by atoms with Crippen LogP contribution in [0.3, 0.4) is 0 Å². The highest BCUT2D eigenvalue weighted by atomic mass is 16.5. The number of pyridine rings is 1. The minimum absolute atomic E-state index is 0.0981. The first-order chi connectivity index (χ1) is 12.9. The van der Waals surface area contributed by atoms with Gasteiger partial charge in [-0.25, -0.2) is 4.98 Å². The lowest BCUT2D eigenvalue weighted by Gasteiger charge is -2.16. The van der Waals surface area contributed by atoms with Crippen molar-refractivity contribution in [3.63, 3.8) is 0 Å². The van der Waals surface area contributed by atoms with Crippen LogP contribution >= 0.6 is 0 Å². The van der Waals surface area contributed by atoms with Gasteiger partial charge < -0.3 is 20.5 Å². The summed E-state index contributed by atoms with van der Waals surface area (Å²) in [5, 5.41) is 4.59. The van der Waals surface area contributed by atoms with Crippen molar-refractivity contribution in [3.8, 4) is 11.6 Å². The Hall–Kier alpha value is -2.83. The van der Waals surface area contributed by atoms with Crippen molar-refractivity contribution in [1.82, 2.24) is 10.3 Å². The Bertz CT molecular complexity index is 911. The molecule has 7 nitrogen and oxygen atoms in total. The molecular weight excluding hydrogens is 346 g/mol. The number of nitrogens with two attached hydrogens (primary N) is 1. The molecule has 1 aromatic carbocycles. The number of benzene rings is 1. The van der Waals surface area contributed by atoms with Gasteiger partial charge in [0.1, 0.15) is 5.75 Å². The van der Waals surface area contributed by atoms with Crippen LogP contribution in [0, 0.1) is 11.8 Å². The number of amides is 2. The Morgan fingerprint density at radius 1 is 1.41 bits per heavy atom. The van der Waals surface area contributed by atoms with Gasteiger partial charge in [0.05, 0.1) is 18.3 Å². The third kappa shape index (κ3) is 3.41. The summed E-state index contributed by atoms with van der Waals surface area (Å²) >= 11 is 0. The lowest BCUT2D eigenvalue weighted by Crippen LogP contribution is -2.31. The van der Waals surface area contributed by atoms with E-state index in [2.05, 4.69) is 10.3 Å². The van der Waals surface area contributed by atoms with Gasteiger partial charge in [0.15, 0.2) is 0 Å². The molecule has 1 aliphatic carbocycles. The first kappa shape index (κ1) is 17.6. The Morgan fingerprint density at radius 2 is 2.22 bits per heavy atom. The van der Waals surface area contributed by atoms with E-state index >= 15 is 0 Å². The number of piperidine rings is 1. The average Bonchev–Trinajstić information content (AvgIpc) is 3.35. The van der Waals surface area contributed by atoms with Crippen LogP contribution in [0.25, 0.3) is 10.8 Å². The summed E-state index contributed by atoms with van der Waals surface area (Å²) in [6, 6.07) is 5.46. The number of hydrogen-bond acceptors (Lipinski definition) is 5. The number of fused-ring (bicyclic) bond motifs is 2. The van der Waals surface area contributed by atoms with E-state index < -0.39 is 5.91 Å². The topological polar surface area (TPSA) is 104 Å². The molecule has 0 bridgehead atoms. The standard InChI is InChI=1S/C20H23N3O4/c1-10(2)27-17-9-12-11(7-15(17)18(21)24)3-5-22-20(12)26-6-4-16-13-8-14(13)19(25)23-16/h3,5,7,9-10,13-14,16H,4,6,8H2,1-2H3,(H2,21,24)(H,23,25)/t13-,14+,16+/m0/s1. The third-order valence-electron chi connectivity index (χ3n) is 5.14. The minimum atomic E-state index is -0.539. The quantitative estimate of drug-likeness (QED) is 0.777. The molecule has 3 N–H and O–H groups in total. The fourth-order valence-corrected chi connectivity index (χ4v) is 3.76. The van der Waals surface area contributed by atoms with Crippen molar-refractivity contribution in [2.45, 2.75) is 38.8 Å². The molecule has 0 unspecified atom stereocenters. The summed E-state index contributed by atoms with van der Waals surface area (Å²) in [7, 11) is 0. The van der Waals surface area contributed by atoms with Crippen molar-refractivity contribution in [3.05, 3.63) is 30.0 Å². The van der Waals surface area contributed by atoms with Crippen LogP contribution in [-0.2, 0) is 4.79 Å². The van der Waals surface area contributed by atoms with Gasteiger partial charge in [-0.15, -0.1) is 0 Å². The predicted molar refractivity (Wildman–Crippen MR) is 99.7 cm³/mol. The molecule has 4 rings (SSSR count). The monoisotopic (exact) mass is 369 g/mol. The van der Waals surface area contributed by atoms with E-state index in [0.717, 1.165) is 23.6 Å². The van der Waals surface area contributed by atoms with Gasteiger partial charge >= 0.3 is 0 Å². The largest absolute Gasteiger partial charge is 0.490 e. The smallest absolute Gasteiger partial charge is 0.252 e. The first-order valence-electron chi connectivity index (χ1n) is 9.26. The van der Waals surface area contributed by atoms with Crippen molar-refractivity contribution in [2.75, 3.05) is 6.61 Å². The van der Waals surface area contributed by atoms with Crippen LogP contribution in [-0.4, -0.2) is 35.6 Å². The normalized spacial score (nSPS) is 23.2. The van der Waals surface area contributed by atoms with Crippen LogP contribution in [0.5, 0.6) is 11.6 Å². The van der Waals surface area contributed by atoms with Crippen LogP contribution in [0.4, 0.5) is 0 Å². The summed E-state index contributed by atoms with van der Waals surface area (Å²) < 4.78 is 11.7. The number of aromatic nitrogens is 1. The van der Waals surface area contributed by atoms with Crippen LogP contribution < -0.4 is 20.5 Å². The second-order valence-electron chi connectivity index (χ2n) is 7.47. The van der Waals surface area contributed by atoms with Crippen molar-refractivity contribution in [1.29, 1.82) is 0 Å². The van der Waals surface area contributed by atoms with E-state index in [1.54, 1.807) is 24.4 Å². The number of rotatable bonds is 7. The van der Waals surface area contributed by atoms with E-state index in [0.29, 0.717) is 29.7 Å². The minimum Gasteiger partial charge on any atom is -0.490 e. The van der Waals surface area contributed by atoms with Gasteiger partial charge in [0.2, 0.25) is 11.8 Å². The summed E-state index contributed by atoms with van der Waals surface area (Å²) in [5.41, 5.74) is 5.83. The third-order valence-corrected chi connectivity index (χ3v) is 5.14. The molecule has 1 aliphatic heterocycles. The Balaban J connectivity index is 1.55. The maximum absolute atomic E-state index is 11.8. The molecular formula is C20H23N3O4. The average molecular weight is 369 g/mol. The van der Waals surface area contributed by atoms with Gasteiger partial charge in [-0.2, -0.15) is 0 Å². The molecule has 2 heterocycles. The molecule has 3 atom stereocenters. The van der Waals surface area contributed by atoms with Crippen LogP contribution in [0.2, 0.25) is 0 Å². The van der Waals surface area contributed by atoms with Gasteiger partial charge in [0, 0.05) is 30.0 Å². The van der Waals surface area contributed by atoms with E-state index in [1.165, 1.54) is 0 Å². The second kappa shape index (κ2) is 6.72. The van der Waals surface area contributed by atoms with Gasteiger partial charge in [-0.3, -0.25) is 9.59 Å². The van der Waals surface area contributed by atoms with E-state index in [9.17, 15) is 9.59 Å². The van der Waals surface area contributed by atoms with Crippen molar-refractivity contribution in [2.24, 2.45) is 17.6 Å². The molecule has 142 valence electrons. The van der Waals surface area contributed by atoms with E-state index in [4.69, 9.17) is 15.2 Å². The fraction of sp³-hybridized carbons (Fsp3) is 0.450. The van der Waals surface area contributed by atoms with Gasteiger partial charge in [0.25, 0.3) is 5.91 Å². The lowest BCUT2D eigenvalue weighted by atomic mass is 10.1. The van der Waals surface area contributed by atoms with E-state index in [1.807, 2.05) is 13.8 Å².